The molecule has 2 aromatic carbocycles. The van der Waals surface area contributed by atoms with Crippen molar-refractivity contribution in [2.75, 3.05) is 0 Å². The lowest BCUT2D eigenvalue weighted by atomic mass is 9.88. The number of rotatable bonds is 2. The third-order valence-corrected chi connectivity index (χ3v) is 5.98. The molecule has 164 valence electrons. The Bertz CT molecular complexity index is 1340. The fraction of sp³-hybridized carbons (Fsp3) is 0.280. The van der Waals surface area contributed by atoms with Crippen molar-refractivity contribution >= 4 is 33.8 Å². The SMILES string of the molecule is CC(C)(C)OC(=O)N1[C@@H](c2c[nH]c3ccccc23)c2[nH]c3ccccc3c2C[C@@H]1C(N)=O. The van der Waals surface area contributed by atoms with E-state index in [9.17, 15) is 9.59 Å². The van der Waals surface area contributed by atoms with Gasteiger partial charge in [0.15, 0.2) is 0 Å². The van der Waals surface area contributed by atoms with Crippen molar-refractivity contribution in [1.29, 1.82) is 0 Å². The minimum absolute atomic E-state index is 0.326. The molecule has 0 bridgehead atoms. The Morgan fingerprint density at radius 3 is 2.38 bits per heavy atom. The van der Waals surface area contributed by atoms with Gasteiger partial charge in [0.1, 0.15) is 17.7 Å². The molecule has 0 fully saturated rings. The average Bonchev–Trinajstić information content (AvgIpc) is 3.32. The summed E-state index contributed by atoms with van der Waals surface area (Å²) >= 11 is 0. The second-order valence-electron chi connectivity index (χ2n) is 9.26. The summed E-state index contributed by atoms with van der Waals surface area (Å²) in [5.41, 5.74) is 9.79. The molecule has 0 saturated carbocycles. The number of hydrogen-bond donors (Lipinski definition) is 3. The van der Waals surface area contributed by atoms with Gasteiger partial charge in [0, 0.05) is 45.7 Å². The van der Waals surface area contributed by atoms with Gasteiger partial charge in [-0.3, -0.25) is 9.69 Å². The number of fused-ring (bicyclic) bond motifs is 4. The molecule has 0 spiro atoms. The summed E-state index contributed by atoms with van der Waals surface area (Å²) in [5.74, 6) is -0.559. The predicted molar refractivity (Wildman–Crippen MR) is 123 cm³/mol. The molecule has 2 amide bonds. The van der Waals surface area contributed by atoms with Crippen LogP contribution in [-0.2, 0) is 16.0 Å². The summed E-state index contributed by atoms with van der Waals surface area (Å²) in [7, 11) is 0. The molecule has 0 saturated heterocycles. The van der Waals surface area contributed by atoms with Crippen molar-refractivity contribution in [3.63, 3.8) is 0 Å². The number of para-hydroxylation sites is 2. The summed E-state index contributed by atoms with van der Waals surface area (Å²) in [6.45, 7) is 5.43. The van der Waals surface area contributed by atoms with E-state index in [1.807, 2.05) is 75.5 Å². The van der Waals surface area contributed by atoms with Gasteiger partial charge in [-0.1, -0.05) is 36.4 Å². The molecule has 0 radical (unpaired) electrons. The maximum Gasteiger partial charge on any atom is 0.411 e. The highest BCUT2D eigenvalue weighted by Gasteiger charge is 2.45. The van der Waals surface area contributed by atoms with E-state index in [0.29, 0.717) is 6.42 Å². The van der Waals surface area contributed by atoms with E-state index in [1.165, 1.54) is 4.90 Å². The van der Waals surface area contributed by atoms with Crippen LogP contribution < -0.4 is 5.73 Å². The van der Waals surface area contributed by atoms with Crippen LogP contribution in [0.25, 0.3) is 21.8 Å². The van der Waals surface area contributed by atoms with Crippen molar-refractivity contribution in [3.05, 3.63) is 71.5 Å². The highest BCUT2D eigenvalue weighted by molar-refractivity contribution is 5.92. The third kappa shape index (κ3) is 3.21. The molecular weight excluding hydrogens is 404 g/mol. The molecular formula is C25H26N4O3. The van der Waals surface area contributed by atoms with Gasteiger partial charge in [0.2, 0.25) is 5.91 Å². The number of ether oxygens (including phenoxy) is 1. The van der Waals surface area contributed by atoms with Crippen molar-refractivity contribution in [1.82, 2.24) is 14.9 Å². The van der Waals surface area contributed by atoms with Crippen molar-refractivity contribution < 1.29 is 14.3 Å². The minimum Gasteiger partial charge on any atom is -0.444 e. The van der Waals surface area contributed by atoms with Crippen LogP contribution in [-0.4, -0.2) is 38.5 Å². The molecule has 4 aromatic rings. The number of aromatic amines is 2. The summed E-state index contributed by atoms with van der Waals surface area (Å²) in [6, 6.07) is 14.5. The molecule has 3 heterocycles. The molecule has 7 heteroatoms. The lowest BCUT2D eigenvalue weighted by Gasteiger charge is -2.41. The van der Waals surface area contributed by atoms with E-state index in [4.69, 9.17) is 10.5 Å². The Labute approximate surface area is 185 Å². The van der Waals surface area contributed by atoms with Gasteiger partial charge in [-0.2, -0.15) is 0 Å². The van der Waals surface area contributed by atoms with Crippen LogP contribution in [0, 0.1) is 0 Å². The normalized spacial score (nSPS) is 18.7. The Balaban J connectivity index is 1.78. The lowest BCUT2D eigenvalue weighted by Crippen LogP contribution is -2.54. The number of aromatic nitrogens is 2. The van der Waals surface area contributed by atoms with E-state index in [2.05, 4.69) is 9.97 Å². The Morgan fingerprint density at radius 2 is 1.69 bits per heavy atom. The van der Waals surface area contributed by atoms with E-state index >= 15 is 0 Å². The zero-order chi connectivity index (χ0) is 22.6. The van der Waals surface area contributed by atoms with Crippen LogP contribution in [0.3, 0.4) is 0 Å². The molecule has 1 aliphatic rings. The summed E-state index contributed by atoms with van der Waals surface area (Å²) in [5, 5.41) is 2.00. The number of benzene rings is 2. The largest absolute Gasteiger partial charge is 0.444 e. The Morgan fingerprint density at radius 1 is 1.03 bits per heavy atom. The number of H-pyrrole nitrogens is 2. The minimum atomic E-state index is -0.838. The van der Waals surface area contributed by atoms with E-state index in [1.54, 1.807) is 0 Å². The predicted octanol–water partition coefficient (Wildman–Crippen LogP) is 4.39. The van der Waals surface area contributed by atoms with E-state index in [-0.39, 0.29) is 0 Å². The maximum atomic E-state index is 13.5. The van der Waals surface area contributed by atoms with E-state index in [0.717, 1.165) is 38.6 Å². The van der Waals surface area contributed by atoms with Crippen LogP contribution in [0.5, 0.6) is 0 Å². The lowest BCUT2D eigenvalue weighted by molar-refractivity contribution is -0.124. The van der Waals surface area contributed by atoms with E-state index < -0.39 is 29.7 Å². The topological polar surface area (TPSA) is 104 Å². The fourth-order valence-corrected chi connectivity index (χ4v) is 4.70. The van der Waals surface area contributed by atoms with Gasteiger partial charge in [-0.25, -0.2) is 4.79 Å². The van der Waals surface area contributed by atoms with Gasteiger partial charge in [-0.15, -0.1) is 0 Å². The first-order valence-electron chi connectivity index (χ1n) is 10.7. The molecule has 32 heavy (non-hydrogen) atoms. The maximum absolute atomic E-state index is 13.5. The number of nitrogens with one attached hydrogen (secondary N) is 2. The second-order valence-corrected chi connectivity index (χ2v) is 9.26. The van der Waals surface area contributed by atoms with Crippen molar-refractivity contribution in [2.24, 2.45) is 5.73 Å². The van der Waals surface area contributed by atoms with Gasteiger partial charge < -0.3 is 20.4 Å². The van der Waals surface area contributed by atoms with Crippen LogP contribution in [0.15, 0.2) is 54.7 Å². The Kier molecular flexibility index (Phi) is 4.51. The zero-order valence-corrected chi connectivity index (χ0v) is 18.3. The Hall–Kier alpha value is -3.74. The second kappa shape index (κ2) is 7.15. The molecule has 7 nitrogen and oxygen atoms in total. The van der Waals surface area contributed by atoms with Gasteiger partial charge in [-0.05, 0) is 38.5 Å². The fourth-order valence-electron chi connectivity index (χ4n) is 4.70. The molecule has 2 atom stereocenters. The summed E-state index contributed by atoms with van der Waals surface area (Å²) in [4.78, 5) is 34.4. The van der Waals surface area contributed by atoms with Gasteiger partial charge in [0.25, 0.3) is 0 Å². The van der Waals surface area contributed by atoms with Crippen molar-refractivity contribution in [3.8, 4) is 0 Å². The number of carbonyl (C=O) groups excluding carboxylic acids is 2. The quantitative estimate of drug-likeness (QED) is 0.439. The van der Waals surface area contributed by atoms with Crippen molar-refractivity contribution in [2.45, 2.75) is 44.9 Å². The highest BCUT2D eigenvalue weighted by atomic mass is 16.6. The summed E-state index contributed by atoms with van der Waals surface area (Å²) < 4.78 is 5.74. The molecule has 0 aliphatic carbocycles. The smallest absolute Gasteiger partial charge is 0.411 e. The number of primary amides is 1. The monoisotopic (exact) mass is 430 g/mol. The third-order valence-electron chi connectivity index (χ3n) is 5.98. The summed E-state index contributed by atoms with van der Waals surface area (Å²) in [6.07, 6.45) is 1.65. The van der Waals surface area contributed by atoms with Crippen LogP contribution in [0.1, 0.15) is 43.6 Å². The number of nitrogens with two attached hydrogens (primary N) is 1. The van der Waals surface area contributed by atoms with Crippen LogP contribution in [0.4, 0.5) is 4.79 Å². The van der Waals surface area contributed by atoms with Crippen LogP contribution in [0.2, 0.25) is 0 Å². The number of nitrogens with zero attached hydrogens (tertiary/aromatic N) is 1. The first kappa shape index (κ1) is 20.2. The molecule has 0 unspecified atom stereocenters. The number of carbonyl (C=O) groups is 2. The molecule has 4 N–H and O–H groups in total. The van der Waals surface area contributed by atoms with Crippen LogP contribution >= 0.6 is 0 Å². The molecule has 5 rings (SSSR count). The average molecular weight is 431 g/mol. The first-order chi connectivity index (χ1) is 15.2. The highest BCUT2D eigenvalue weighted by Crippen LogP contribution is 2.43. The number of hydrogen-bond acceptors (Lipinski definition) is 3. The molecule has 2 aromatic heterocycles. The standard InChI is InChI=1S/C25H26N4O3/c1-25(2,3)32-24(31)29-20(23(26)30)12-16-14-8-5-7-11-19(14)28-21(16)22(29)17-13-27-18-10-6-4-9-15(17)18/h4-11,13,20,22,27-28H,12H2,1-3H3,(H2,26,30)/t20-,22+/m1/s1. The zero-order valence-electron chi connectivity index (χ0n) is 18.3. The van der Waals surface area contributed by atoms with Gasteiger partial charge >= 0.3 is 6.09 Å². The van der Waals surface area contributed by atoms with Gasteiger partial charge in [0.05, 0.1) is 0 Å². The number of amides is 2. The first-order valence-corrected chi connectivity index (χ1v) is 10.7. The molecule has 1 aliphatic heterocycles.